The van der Waals surface area contributed by atoms with E-state index in [0.717, 1.165) is 0 Å². The summed E-state index contributed by atoms with van der Waals surface area (Å²) in [7, 11) is -1.33. The summed E-state index contributed by atoms with van der Waals surface area (Å²) >= 11 is 0. The normalized spacial score (nSPS) is 12.3. The number of aromatic nitrogens is 2. The zero-order valence-corrected chi connectivity index (χ0v) is 13.1. The van der Waals surface area contributed by atoms with E-state index in [1.807, 2.05) is 13.8 Å². The van der Waals surface area contributed by atoms with E-state index in [1.165, 1.54) is 6.20 Å². The number of nitrogens with one attached hydrogen (secondary N) is 1. The first-order valence-electron chi connectivity index (χ1n) is 6.59. The van der Waals surface area contributed by atoms with Crippen molar-refractivity contribution in [2.75, 3.05) is 5.73 Å². The van der Waals surface area contributed by atoms with Gasteiger partial charge in [0.1, 0.15) is 11.0 Å². The maximum atomic E-state index is 12.1. The number of nitrogen functional groups attached to an aromatic ring is 1. The molecule has 0 aliphatic heterocycles. The number of amides is 1. The van der Waals surface area contributed by atoms with Crippen LogP contribution in [-0.4, -0.2) is 26.1 Å². The molecule has 0 saturated heterocycles. The number of hydrogen-bond donors (Lipinski definition) is 3. The predicted octanol–water partition coefficient (Wildman–Crippen LogP) is 0.845. The number of benzene rings is 1. The molecule has 0 aliphatic carbocycles. The van der Waals surface area contributed by atoms with E-state index < -0.39 is 16.9 Å². The van der Waals surface area contributed by atoms with E-state index in [4.69, 9.17) is 11.5 Å². The molecule has 116 valence electrons. The van der Waals surface area contributed by atoms with Crippen molar-refractivity contribution in [1.82, 2.24) is 14.7 Å². The summed E-state index contributed by atoms with van der Waals surface area (Å²) in [6.45, 7) is 3.82. The van der Waals surface area contributed by atoms with E-state index in [1.54, 1.807) is 24.3 Å². The van der Waals surface area contributed by atoms with Gasteiger partial charge >= 0.3 is 0 Å². The van der Waals surface area contributed by atoms with Crippen molar-refractivity contribution in [3.63, 3.8) is 0 Å². The van der Waals surface area contributed by atoms with Gasteiger partial charge in [-0.2, -0.15) is 0 Å². The lowest BCUT2D eigenvalue weighted by Crippen LogP contribution is -2.25. The molecule has 22 heavy (non-hydrogen) atoms. The average Bonchev–Trinajstić information content (AvgIpc) is 2.47. The minimum atomic E-state index is -1.33. The van der Waals surface area contributed by atoms with Crippen molar-refractivity contribution in [1.29, 1.82) is 0 Å². The van der Waals surface area contributed by atoms with E-state index >= 15 is 0 Å². The van der Waals surface area contributed by atoms with E-state index in [2.05, 4.69) is 14.7 Å². The number of carbonyl (C=O) groups excluding carboxylic acids is 1. The fraction of sp³-hybridized carbons (Fsp3) is 0.214. The van der Waals surface area contributed by atoms with Crippen LogP contribution >= 0.6 is 0 Å². The molecule has 0 saturated carbocycles. The number of nitrogens with zero attached hydrogens (tertiary/aromatic N) is 2. The molecule has 1 aromatic carbocycles. The Balaban J connectivity index is 2.40. The van der Waals surface area contributed by atoms with Crippen LogP contribution < -0.4 is 16.2 Å². The molecule has 1 amide bonds. The highest BCUT2D eigenvalue weighted by Crippen LogP contribution is 2.20. The summed E-state index contributed by atoms with van der Waals surface area (Å²) in [6, 6.07) is 7.08. The molecule has 2 aromatic rings. The molecule has 1 heterocycles. The van der Waals surface area contributed by atoms with Crippen molar-refractivity contribution in [2.45, 2.75) is 24.8 Å². The van der Waals surface area contributed by atoms with Gasteiger partial charge in [-0.25, -0.2) is 18.9 Å². The van der Waals surface area contributed by atoms with Gasteiger partial charge in [0.05, 0.1) is 16.8 Å². The molecule has 8 heteroatoms. The molecular formula is C14H17N5O2S. The van der Waals surface area contributed by atoms with Crippen LogP contribution in [0, 0.1) is 0 Å². The molecule has 1 unspecified atom stereocenters. The second-order valence-electron chi connectivity index (χ2n) is 4.92. The Morgan fingerprint density at radius 3 is 2.73 bits per heavy atom. The Kier molecular flexibility index (Phi) is 4.84. The highest BCUT2D eigenvalue weighted by molar-refractivity contribution is 7.83. The van der Waals surface area contributed by atoms with Crippen LogP contribution in [0.15, 0.2) is 35.4 Å². The Bertz CT molecular complexity index is 733. The quantitative estimate of drug-likeness (QED) is 0.753. The zero-order valence-electron chi connectivity index (χ0n) is 12.2. The second-order valence-corrected chi connectivity index (χ2v) is 6.17. The largest absolute Gasteiger partial charge is 0.382 e. The topological polar surface area (TPSA) is 124 Å². The minimum absolute atomic E-state index is 0.0162. The fourth-order valence-corrected chi connectivity index (χ4v) is 2.77. The van der Waals surface area contributed by atoms with E-state index in [0.29, 0.717) is 16.2 Å². The first-order valence-corrected chi connectivity index (χ1v) is 7.74. The molecular weight excluding hydrogens is 302 g/mol. The maximum absolute atomic E-state index is 12.1. The Labute approximate surface area is 130 Å². The van der Waals surface area contributed by atoms with Crippen molar-refractivity contribution in [2.24, 2.45) is 5.73 Å². The summed E-state index contributed by atoms with van der Waals surface area (Å²) in [6.07, 6.45) is 1.44. The van der Waals surface area contributed by atoms with Crippen molar-refractivity contribution < 1.29 is 9.00 Å². The molecule has 0 radical (unpaired) electrons. The van der Waals surface area contributed by atoms with E-state index in [-0.39, 0.29) is 17.6 Å². The number of carbonyl (C=O) groups is 1. The highest BCUT2D eigenvalue weighted by Gasteiger charge is 2.13. The van der Waals surface area contributed by atoms with Gasteiger partial charge in [0.15, 0.2) is 11.5 Å². The van der Waals surface area contributed by atoms with Gasteiger partial charge in [0.25, 0.3) is 5.91 Å². The minimum Gasteiger partial charge on any atom is -0.382 e. The number of hydrogen-bond acceptors (Lipinski definition) is 5. The third-order valence-electron chi connectivity index (χ3n) is 2.72. The Morgan fingerprint density at radius 1 is 1.36 bits per heavy atom. The number of primary amides is 1. The van der Waals surface area contributed by atoms with Crippen molar-refractivity contribution in [3.05, 3.63) is 36.2 Å². The molecule has 1 atom stereocenters. The average molecular weight is 319 g/mol. The number of anilines is 1. The summed E-state index contributed by atoms with van der Waals surface area (Å²) in [5.41, 5.74) is 11.8. The van der Waals surface area contributed by atoms with Gasteiger partial charge in [0.2, 0.25) is 0 Å². The number of nitrogens with two attached hydrogens (primary N) is 2. The van der Waals surface area contributed by atoms with Crippen LogP contribution in [0.2, 0.25) is 0 Å². The standard InChI is InChI=1S/C14H17N5O2S/c1-8(2)19-22(21)10-5-3-4-9(6-10)11-7-17-13(15)12(18-11)14(16)20/h3-8,19H,1-2H3,(H2,15,17)(H2,16,20). The van der Waals surface area contributed by atoms with Crippen LogP contribution in [0.4, 0.5) is 5.82 Å². The summed E-state index contributed by atoms with van der Waals surface area (Å²) in [5.74, 6) is -0.759. The lowest BCUT2D eigenvalue weighted by atomic mass is 10.1. The Hall–Kier alpha value is -2.32. The first kappa shape index (κ1) is 16.1. The maximum Gasteiger partial charge on any atom is 0.271 e. The predicted molar refractivity (Wildman–Crippen MR) is 85.1 cm³/mol. The lowest BCUT2D eigenvalue weighted by Gasteiger charge is -2.09. The van der Waals surface area contributed by atoms with Crippen LogP contribution in [0.25, 0.3) is 11.3 Å². The first-order chi connectivity index (χ1) is 10.4. The van der Waals surface area contributed by atoms with Gasteiger partial charge in [-0.1, -0.05) is 12.1 Å². The molecule has 0 fully saturated rings. The second kappa shape index (κ2) is 6.63. The molecule has 5 N–H and O–H groups in total. The smallest absolute Gasteiger partial charge is 0.271 e. The van der Waals surface area contributed by atoms with Gasteiger partial charge in [-0.05, 0) is 26.0 Å². The van der Waals surface area contributed by atoms with Crippen LogP contribution in [-0.2, 0) is 11.0 Å². The zero-order chi connectivity index (χ0) is 16.3. The van der Waals surface area contributed by atoms with Crippen LogP contribution in [0.5, 0.6) is 0 Å². The molecule has 0 aliphatic rings. The van der Waals surface area contributed by atoms with E-state index in [9.17, 15) is 9.00 Å². The summed E-state index contributed by atoms with van der Waals surface area (Å²) in [5, 5.41) is 0. The molecule has 2 rings (SSSR count). The summed E-state index contributed by atoms with van der Waals surface area (Å²) in [4.78, 5) is 19.9. The van der Waals surface area contributed by atoms with Gasteiger partial charge in [-0.3, -0.25) is 4.79 Å². The molecule has 1 aromatic heterocycles. The van der Waals surface area contributed by atoms with Gasteiger partial charge < -0.3 is 11.5 Å². The third kappa shape index (κ3) is 3.66. The number of rotatable bonds is 5. The lowest BCUT2D eigenvalue weighted by molar-refractivity contribution is 0.0996. The summed E-state index contributed by atoms with van der Waals surface area (Å²) < 4.78 is 15.1. The SMILES string of the molecule is CC(C)NS(=O)c1cccc(-c2cnc(N)c(C(N)=O)n2)c1. The van der Waals surface area contributed by atoms with Gasteiger partial charge in [-0.15, -0.1) is 0 Å². The van der Waals surface area contributed by atoms with Crippen molar-refractivity contribution in [3.8, 4) is 11.3 Å². The van der Waals surface area contributed by atoms with Gasteiger partial charge in [0, 0.05) is 11.6 Å². The van der Waals surface area contributed by atoms with Crippen molar-refractivity contribution >= 4 is 22.7 Å². The monoisotopic (exact) mass is 319 g/mol. The van der Waals surface area contributed by atoms with Crippen LogP contribution in [0.3, 0.4) is 0 Å². The molecule has 0 spiro atoms. The third-order valence-corrected chi connectivity index (χ3v) is 4.09. The Morgan fingerprint density at radius 2 is 2.09 bits per heavy atom. The highest BCUT2D eigenvalue weighted by atomic mass is 32.2. The molecule has 7 nitrogen and oxygen atoms in total. The fourth-order valence-electron chi connectivity index (χ4n) is 1.77. The molecule has 0 bridgehead atoms. The van der Waals surface area contributed by atoms with Crippen LogP contribution in [0.1, 0.15) is 24.3 Å².